The lowest BCUT2D eigenvalue weighted by Crippen LogP contribution is -2.31. The predicted octanol–water partition coefficient (Wildman–Crippen LogP) is 3.85. The van der Waals surface area contributed by atoms with Crippen molar-refractivity contribution in [1.82, 2.24) is 10.6 Å². The Morgan fingerprint density at radius 2 is 2.00 bits per heavy atom. The number of nitrogens with one attached hydrogen (secondary N) is 2. The number of halogens is 1. The number of hydrogen-bond acceptors (Lipinski definition) is 3. The molecule has 1 saturated heterocycles. The van der Waals surface area contributed by atoms with E-state index in [0.717, 1.165) is 37.2 Å². The maximum absolute atomic E-state index is 12.3. The molecule has 1 heterocycles. The van der Waals surface area contributed by atoms with Crippen LogP contribution in [0.15, 0.2) is 24.3 Å². The fourth-order valence-corrected chi connectivity index (χ4v) is 3.23. The fraction of sp³-hybridized carbons (Fsp3) is 0.632. The van der Waals surface area contributed by atoms with Crippen LogP contribution < -0.4 is 15.4 Å². The van der Waals surface area contributed by atoms with Gasteiger partial charge in [0.2, 0.25) is 5.91 Å². The summed E-state index contributed by atoms with van der Waals surface area (Å²) in [5.74, 6) is 1.72. The number of rotatable bonds is 8. The molecule has 0 spiro atoms. The summed E-state index contributed by atoms with van der Waals surface area (Å²) in [6.07, 6.45) is 4.87. The highest BCUT2D eigenvalue weighted by Crippen LogP contribution is 2.27. The van der Waals surface area contributed by atoms with E-state index < -0.39 is 0 Å². The molecule has 0 radical (unpaired) electrons. The smallest absolute Gasteiger partial charge is 0.220 e. The zero-order valence-electron chi connectivity index (χ0n) is 14.8. The molecule has 1 unspecified atom stereocenters. The van der Waals surface area contributed by atoms with E-state index in [2.05, 4.69) is 17.6 Å². The van der Waals surface area contributed by atoms with E-state index >= 15 is 0 Å². The van der Waals surface area contributed by atoms with Gasteiger partial charge in [-0.05, 0) is 57.7 Å². The maximum atomic E-state index is 12.3. The largest absolute Gasteiger partial charge is 0.494 e. The van der Waals surface area contributed by atoms with Crippen molar-refractivity contribution in [3.63, 3.8) is 0 Å². The zero-order valence-corrected chi connectivity index (χ0v) is 15.7. The molecule has 2 N–H and O–H groups in total. The van der Waals surface area contributed by atoms with Crippen molar-refractivity contribution >= 4 is 18.3 Å². The van der Waals surface area contributed by atoms with Crippen LogP contribution >= 0.6 is 12.4 Å². The van der Waals surface area contributed by atoms with Crippen LogP contribution in [0.2, 0.25) is 0 Å². The van der Waals surface area contributed by atoms with Gasteiger partial charge < -0.3 is 15.4 Å². The summed E-state index contributed by atoms with van der Waals surface area (Å²) in [6, 6.07) is 8.02. The van der Waals surface area contributed by atoms with E-state index in [0.29, 0.717) is 18.9 Å². The molecule has 0 saturated carbocycles. The van der Waals surface area contributed by atoms with Crippen LogP contribution in [-0.2, 0) is 4.79 Å². The quantitative estimate of drug-likeness (QED) is 0.745. The topological polar surface area (TPSA) is 50.4 Å². The number of carbonyl (C=O) groups excluding carboxylic acids is 1. The van der Waals surface area contributed by atoms with E-state index in [9.17, 15) is 4.79 Å². The summed E-state index contributed by atoms with van der Waals surface area (Å²) < 4.78 is 5.70. The highest BCUT2D eigenvalue weighted by atomic mass is 35.5. The molecule has 2 rings (SSSR count). The van der Waals surface area contributed by atoms with E-state index in [1.165, 1.54) is 12.8 Å². The lowest BCUT2D eigenvalue weighted by atomic mass is 9.93. The Labute approximate surface area is 152 Å². The van der Waals surface area contributed by atoms with E-state index in [1.807, 2.05) is 31.2 Å². The molecule has 0 bridgehead atoms. The van der Waals surface area contributed by atoms with Crippen LogP contribution in [0.25, 0.3) is 0 Å². The first kappa shape index (κ1) is 20.8. The highest BCUT2D eigenvalue weighted by Gasteiger charge is 2.18. The Morgan fingerprint density at radius 3 is 2.67 bits per heavy atom. The molecule has 1 fully saturated rings. The van der Waals surface area contributed by atoms with Gasteiger partial charge in [0.1, 0.15) is 5.75 Å². The summed E-state index contributed by atoms with van der Waals surface area (Å²) >= 11 is 0. The third-order valence-electron chi connectivity index (χ3n) is 4.58. The SMILES string of the molecule is CCOc1ccccc1C(CC)NC(=O)CCC1CCNCC1.Cl. The number of piperidine rings is 1. The Bertz CT molecular complexity index is 490. The van der Waals surface area contributed by atoms with Crippen molar-refractivity contribution in [3.05, 3.63) is 29.8 Å². The van der Waals surface area contributed by atoms with Crippen LogP contribution in [-0.4, -0.2) is 25.6 Å². The normalized spacial score (nSPS) is 16.1. The predicted molar refractivity (Wildman–Crippen MR) is 101 cm³/mol. The molecule has 1 aromatic rings. The highest BCUT2D eigenvalue weighted by molar-refractivity contribution is 5.85. The average molecular weight is 355 g/mol. The number of amides is 1. The molecule has 24 heavy (non-hydrogen) atoms. The lowest BCUT2D eigenvalue weighted by Gasteiger charge is -2.23. The summed E-state index contributed by atoms with van der Waals surface area (Å²) in [4.78, 5) is 12.3. The van der Waals surface area contributed by atoms with Gasteiger partial charge in [-0.25, -0.2) is 0 Å². The number of ether oxygens (including phenoxy) is 1. The minimum atomic E-state index is 0. The number of para-hydroxylation sites is 1. The molecule has 1 aliphatic heterocycles. The number of hydrogen-bond donors (Lipinski definition) is 2. The van der Waals surface area contributed by atoms with Gasteiger partial charge in [0.25, 0.3) is 0 Å². The van der Waals surface area contributed by atoms with E-state index in [4.69, 9.17) is 4.74 Å². The molecule has 4 nitrogen and oxygen atoms in total. The van der Waals surface area contributed by atoms with Gasteiger partial charge >= 0.3 is 0 Å². The van der Waals surface area contributed by atoms with Crippen molar-refractivity contribution in [2.75, 3.05) is 19.7 Å². The minimum Gasteiger partial charge on any atom is -0.494 e. The number of carbonyl (C=O) groups is 1. The Kier molecular flexibility index (Phi) is 9.80. The molecule has 1 atom stereocenters. The summed E-state index contributed by atoms with van der Waals surface area (Å²) in [6.45, 7) is 6.89. The van der Waals surface area contributed by atoms with Crippen molar-refractivity contribution in [3.8, 4) is 5.75 Å². The lowest BCUT2D eigenvalue weighted by molar-refractivity contribution is -0.122. The van der Waals surface area contributed by atoms with Gasteiger partial charge in [0.15, 0.2) is 0 Å². The second-order valence-corrected chi connectivity index (χ2v) is 6.23. The first-order valence-corrected chi connectivity index (χ1v) is 8.96. The molecule has 5 heteroatoms. The molecule has 1 aromatic carbocycles. The zero-order chi connectivity index (χ0) is 16.5. The first-order chi connectivity index (χ1) is 11.2. The molecular weight excluding hydrogens is 324 g/mol. The molecule has 1 amide bonds. The standard InChI is InChI=1S/C19H30N2O2.ClH/c1-3-17(16-7-5-6-8-18(16)23-4-2)21-19(22)10-9-15-11-13-20-14-12-15;/h5-8,15,17,20H,3-4,9-14H2,1-2H3,(H,21,22);1H. The van der Waals surface area contributed by atoms with E-state index in [1.54, 1.807) is 0 Å². The van der Waals surface area contributed by atoms with Gasteiger partial charge in [-0.1, -0.05) is 25.1 Å². The monoisotopic (exact) mass is 354 g/mol. The molecule has 136 valence electrons. The molecule has 0 aliphatic carbocycles. The van der Waals surface area contributed by atoms with Gasteiger partial charge in [0.05, 0.1) is 12.6 Å². The minimum absolute atomic E-state index is 0. The van der Waals surface area contributed by atoms with Gasteiger partial charge in [-0.15, -0.1) is 12.4 Å². The summed E-state index contributed by atoms with van der Waals surface area (Å²) in [7, 11) is 0. The third kappa shape index (κ3) is 6.33. The van der Waals surface area contributed by atoms with Crippen molar-refractivity contribution in [2.24, 2.45) is 5.92 Å². The Morgan fingerprint density at radius 1 is 1.29 bits per heavy atom. The molecule has 1 aliphatic rings. The van der Waals surface area contributed by atoms with Crippen LogP contribution in [0.4, 0.5) is 0 Å². The fourth-order valence-electron chi connectivity index (χ4n) is 3.23. The summed E-state index contributed by atoms with van der Waals surface area (Å²) in [5, 5.41) is 6.56. The Balaban J connectivity index is 0.00000288. The van der Waals surface area contributed by atoms with Crippen LogP contribution in [0, 0.1) is 5.92 Å². The van der Waals surface area contributed by atoms with Crippen LogP contribution in [0.3, 0.4) is 0 Å². The van der Waals surface area contributed by atoms with E-state index in [-0.39, 0.29) is 24.4 Å². The van der Waals surface area contributed by atoms with Gasteiger partial charge in [0, 0.05) is 12.0 Å². The van der Waals surface area contributed by atoms with Gasteiger partial charge in [-0.2, -0.15) is 0 Å². The second kappa shape index (κ2) is 11.3. The summed E-state index contributed by atoms with van der Waals surface area (Å²) in [5.41, 5.74) is 1.08. The van der Waals surface area contributed by atoms with Crippen LogP contribution in [0.5, 0.6) is 5.75 Å². The van der Waals surface area contributed by atoms with Crippen LogP contribution in [0.1, 0.15) is 57.6 Å². The van der Waals surface area contributed by atoms with Crippen molar-refractivity contribution in [2.45, 2.75) is 52.0 Å². The molecular formula is C19H31ClN2O2. The maximum Gasteiger partial charge on any atom is 0.220 e. The first-order valence-electron chi connectivity index (χ1n) is 8.96. The van der Waals surface area contributed by atoms with Crippen molar-refractivity contribution in [1.29, 1.82) is 0 Å². The molecule has 0 aromatic heterocycles. The second-order valence-electron chi connectivity index (χ2n) is 6.23. The van der Waals surface area contributed by atoms with Gasteiger partial charge in [-0.3, -0.25) is 4.79 Å². The average Bonchev–Trinajstić information content (AvgIpc) is 2.60. The van der Waals surface area contributed by atoms with Crippen molar-refractivity contribution < 1.29 is 9.53 Å². The third-order valence-corrected chi connectivity index (χ3v) is 4.58. The Hall–Kier alpha value is -1.26. The number of benzene rings is 1.